The zero-order valence-corrected chi connectivity index (χ0v) is 19.4. The van der Waals surface area contributed by atoms with E-state index in [1.165, 1.54) is 11.6 Å². The first-order valence-electron chi connectivity index (χ1n) is 9.18. The van der Waals surface area contributed by atoms with Crippen molar-refractivity contribution < 1.29 is 14.2 Å². The average Bonchev–Trinajstić information content (AvgIpc) is 3.12. The molecule has 0 bridgehead atoms. The molecule has 2 unspecified atom stereocenters. The lowest BCUT2D eigenvalue weighted by molar-refractivity contribution is -0.122. The van der Waals surface area contributed by atoms with Crippen LogP contribution in [0.1, 0.15) is 39.5 Å². The molecule has 0 aliphatic heterocycles. The van der Waals surface area contributed by atoms with Crippen LogP contribution in [-0.2, 0) is 15.8 Å². The Hall–Kier alpha value is -1.96. The first-order valence-corrected chi connectivity index (χ1v) is 13.2. The smallest absolute Gasteiger partial charge is 0.267 e. The monoisotopic (exact) mass is 523 g/mol. The van der Waals surface area contributed by atoms with Crippen LogP contribution >= 0.6 is 28.5 Å². The highest BCUT2D eigenvalue weighted by molar-refractivity contribution is 14.2. The molecule has 2 aromatic carbocycles. The fraction of sp³-hybridized carbons (Fsp3) is 0.238. The third kappa shape index (κ3) is 5.78. The summed E-state index contributed by atoms with van der Waals surface area (Å²) in [6.45, 7) is 0.176. The van der Waals surface area contributed by atoms with E-state index < -0.39 is 0 Å². The first kappa shape index (κ1) is 21.7. The van der Waals surface area contributed by atoms with Crippen LogP contribution < -0.4 is 15.7 Å². The Morgan fingerprint density at radius 3 is 2.66 bits per heavy atom. The second kappa shape index (κ2) is 10.2. The molecule has 0 aromatic heterocycles. The Bertz CT molecular complexity index is 916. The molecule has 152 valence electrons. The van der Waals surface area contributed by atoms with Crippen molar-refractivity contribution in [1.82, 2.24) is 10.8 Å². The van der Waals surface area contributed by atoms with Crippen LogP contribution in [0, 0.1) is 0 Å². The predicted octanol–water partition coefficient (Wildman–Crippen LogP) is 4.17. The summed E-state index contributed by atoms with van der Waals surface area (Å²) in [5.41, 5.74) is 7.34. The number of anilines is 1. The number of nitrogens with zero attached hydrogens (tertiary/aromatic N) is 1. The number of benzene rings is 2. The highest BCUT2D eigenvalue weighted by Gasteiger charge is 2.24. The van der Waals surface area contributed by atoms with Crippen molar-refractivity contribution in [3.8, 4) is 0 Å². The number of rotatable bonds is 7. The minimum Gasteiger partial charge on any atom is -0.378 e. The fourth-order valence-electron chi connectivity index (χ4n) is 3.32. The van der Waals surface area contributed by atoms with Crippen molar-refractivity contribution in [2.75, 3.05) is 19.0 Å². The summed E-state index contributed by atoms with van der Waals surface area (Å²) in [4.78, 5) is 26.2. The highest BCUT2D eigenvalue weighted by Crippen LogP contribution is 2.32. The molecule has 2 amide bonds. The van der Waals surface area contributed by atoms with Gasteiger partial charge in [-0.2, -0.15) is 0 Å². The third-order valence-corrected chi connectivity index (χ3v) is 5.65. The van der Waals surface area contributed by atoms with Crippen molar-refractivity contribution in [3.05, 3.63) is 70.8 Å². The second-order valence-corrected chi connectivity index (χ2v) is 8.62. The maximum atomic E-state index is 12.6. The summed E-state index contributed by atoms with van der Waals surface area (Å²) in [6, 6.07) is 13.6. The molecule has 2 aromatic rings. The van der Waals surface area contributed by atoms with Gasteiger partial charge in [0.05, 0.1) is 6.04 Å². The standard InChI is InChI=1S/C21H23IN3O3P/c1-25(2)17-8-5-15(6-9-17)21(27)23-19-11-7-16-13-14(3-10-18(16)19)4-12-20(26)24-28-29-22/h3-6,8-10,12-13,19,29H,7,11H2,1-2H3,(H,23,27)(H,24,26)/b12-4+. The maximum absolute atomic E-state index is 12.6. The molecule has 3 rings (SSSR count). The lowest BCUT2D eigenvalue weighted by Crippen LogP contribution is -2.27. The topological polar surface area (TPSA) is 70.7 Å². The summed E-state index contributed by atoms with van der Waals surface area (Å²) in [7, 11) is 3.94. The first-order chi connectivity index (χ1) is 14.0. The van der Waals surface area contributed by atoms with Gasteiger partial charge in [0.15, 0.2) is 0 Å². The van der Waals surface area contributed by atoms with Gasteiger partial charge in [-0.25, -0.2) is 10.1 Å². The van der Waals surface area contributed by atoms with Crippen LogP contribution in [0.3, 0.4) is 0 Å². The van der Waals surface area contributed by atoms with Gasteiger partial charge in [-0.3, -0.25) is 9.59 Å². The molecule has 0 saturated carbocycles. The van der Waals surface area contributed by atoms with Gasteiger partial charge in [-0.1, -0.05) is 18.2 Å². The van der Waals surface area contributed by atoms with Gasteiger partial charge >= 0.3 is 0 Å². The number of aryl methyl sites for hydroxylation is 1. The van der Waals surface area contributed by atoms with Gasteiger partial charge in [0.1, 0.15) is 6.45 Å². The maximum Gasteiger partial charge on any atom is 0.267 e. The number of hydroxylamine groups is 1. The predicted molar refractivity (Wildman–Crippen MR) is 126 cm³/mol. The zero-order chi connectivity index (χ0) is 20.8. The van der Waals surface area contributed by atoms with Crippen molar-refractivity contribution in [2.45, 2.75) is 18.9 Å². The zero-order valence-electron chi connectivity index (χ0n) is 16.2. The lowest BCUT2D eigenvalue weighted by atomic mass is 10.0. The van der Waals surface area contributed by atoms with E-state index in [0.717, 1.165) is 29.7 Å². The number of carbonyl (C=O) groups excluding carboxylic acids is 2. The molecule has 2 N–H and O–H groups in total. The summed E-state index contributed by atoms with van der Waals surface area (Å²) >= 11 is 2.03. The molecule has 8 heteroatoms. The largest absolute Gasteiger partial charge is 0.378 e. The van der Waals surface area contributed by atoms with E-state index in [0.29, 0.717) is 5.56 Å². The summed E-state index contributed by atoms with van der Waals surface area (Å²) < 4.78 is 4.88. The SMILES string of the molecule is CN(C)c1ccc(C(=O)NC2CCc3cc(/C=C/C(=O)NOPI)ccc32)cc1. The molecule has 2 atom stereocenters. The number of hydrogen-bond donors (Lipinski definition) is 2. The van der Waals surface area contributed by atoms with E-state index in [-0.39, 0.29) is 24.3 Å². The van der Waals surface area contributed by atoms with Crippen molar-refractivity contribution in [3.63, 3.8) is 0 Å². The molecule has 1 aliphatic rings. The quantitative estimate of drug-likeness (QED) is 0.248. The van der Waals surface area contributed by atoms with E-state index >= 15 is 0 Å². The van der Waals surface area contributed by atoms with E-state index in [9.17, 15) is 9.59 Å². The number of carbonyl (C=O) groups is 2. The van der Waals surface area contributed by atoms with Crippen LogP contribution in [0.25, 0.3) is 6.08 Å². The van der Waals surface area contributed by atoms with E-state index in [1.807, 2.05) is 77.4 Å². The Labute approximate surface area is 185 Å². The third-order valence-electron chi connectivity index (χ3n) is 4.81. The second-order valence-electron chi connectivity index (χ2n) is 6.94. The molecule has 0 fully saturated rings. The number of halogens is 1. The fourth-order valence-corrected chi connectivity index (χ4v) is 3.79. The van der Waals surface area contributed by atoms with E-state index in [4.69, 9.17) is 4.62 Å². The minimum atomic E-state index is -0.292. The molecule has 6 nitrogen and oxygen atoms in total. The summed E-state index contributed by atoms with van der Waals surface area (Å²) in [5, 5.41) is 3.14. The number of hydrogen-bond acceptors (Lipinski definition) is 4. The van der Waals surface area contributed by atoms with Crippen LogP contribution in [-0.4, -0.2) is 25.9 Å². The Balaban J connectivity index is 1.64. The molecule has 0 heterocycles. The van der Waals surface area contributed by atoms with Gasteiger partial charge in [0.2, 0.25) is 0 Å². The summed E-state index contributed by atoms with van der Waals surface area (Å²) in [5.74, 6) is -0.357. The van der Waals surface area contributed by atoms with Gasteiger partial charge in [0, 0.05) is 31.4 Å². The number of fused-ring (bicyclic) bond motifs is 1. The van der Waals surface area contributed by atoms with E-state index in [1.54, 1.807) is 6.08 Å². The van der Waals surface area contributed by atoms with Gasteiger partial charge in [-0.05, 0) is 81.9 Å². The molecule has 0 saturated heterocycles. The van der Waals surface area contributed by atoms with Crippen LogP contribution in [0.2, 0.25) is 0 Å². The van der Waals surface area contributed by atoms with Crippen LogP contribution in [0.4, 0.5) is 5.69 Å². The Morgan fingerprint density at radius 2 is 1.97 bits per heavy atom. The normalized spacial score (nSPS) is 15.6. The average molecular weight is 523 g/mol. The molecule has 1 aliphatic carbocycles. The van der Waals surface area contributed by atoms with Crippen LogP contribution in [0.15, 0.2) is 48.5 Å². The Morgan fingerprint density at radius 1 is 1.21 bits per heavy atom. The van der Waals surface area contributed by atoms with Crippen LogP contribution in [0.5, 0.6) is 0 Å². The van der Waals surface area contributed by atoms with E-state index in [2.05, 4.69) is 16.9 Å². The lowest BCUT2D eigenvalue weighted by Gasteiger charge is -2.16. The summed E-state index contributed by atoms with van der Waals surface area (Å²) in [6.07, 6.45) is 4.97. The highest BCUT2D eigenvalue weighted by atomic mass is 127. The number of amides is 2. The van der Waals surface area contributed by atoms with Crippen molar-refractivity contribution >= 4 is 52.1 Å². The molecular formula is C21H23IN3O3P. The molecule has 0 spiro atoms. The molecule has 29 heavy (non-hydrogen) atoms. The van der Waals surface area contributed by atoms with Gasteiger partial charge in [-0.15, -0.1) is 0 Å². The minimum absolute atomic E-state index is 0.00500. The van der Waals surface area contributed by atoms with Gasteiger partial charge < -0.3 is 10.2 Å². The van der Waals surface area contributed by atoms with Crippen molar-refractivity contribution in [2.24, 2.45) is 0 Å². The van der Waals surface area contributed by atoms with Gasteiger partial charge in [0.25, 0.3) is 11.8 Å². The van der Waals surface area contributed by atoms with Crippen molar-refractivity contribution in [1.29, 1.82) is 0 Å². The Kier molecular flexibility index (Phi) is 7.64. The molecule has 0 radical (unpaired) electrons. The molecular weight excluding hydrogens is 500 g/mol. The number of nitrogens with one attached hydrogen (secondary N) is 2.